The zero-order chi connectivity index (χ0) is 7.56. The van der Waals surface area contributed by atoms with E-state index in [1.807, 2.05) is 22.6 Å². The van der Waals surface area contributed by atoms with Crippen LogP contribution in [0.25, 0.3) is 0 Å². The van der Waals surface area contributed by atoms with Crippen LogP contribution in [0.2, 0.25) is 0 Å². The van der Waals surface area contributed by atoms with E-state index >= 15 is 0 Å². The molecule has 4 heteroatoms. The van der Waals surface area contributed by atoms with Gasteiger partial charge in [-0.25, -0.2) is 4.98 Å². The van der Waals surface area contributed by atoms with E-state index in [1.54, 1.807) is 18.3 Å². The predicted octanol–water partition coefficient (Wildman–Crippen LogP) is 2.07. The van der Waals surface area contributed by atoms with Crippen LogP contribution in [0.4, 0.5) is 0 Å². The van der Waals surface area contributed by atoms with Crippen molar-refractivity contribution in [2.45, 2.75) is 0 Å². The fourth-order valence-electron chi connectivity index (χ4n) is 0.533. The van der Waals surface area contributed by atoms with Gasteiger partial charge in [-0.3, -0.25) is 4.79 Å². The van der Waals surface area contributed by atoms with Gasteiger partial charge in [0.25, 0.3) is 5.24 Å². The van der Waals surface area contributed by atoms with Crippen LogP contribution < -0.4 is 0 Å². The summed E-state index contributed by atoms with van der Waals surface area (Å²) in [7, 11) is 0. The molecule has 0 saturated carbocycles. The maximum atomic E-state index is 10.6. The molecule has 52 valence electrons. The third kappa shape index (κ3) is 1.67. The maximum Gasteiger partial charge on any atom is 0.255 e. The Labute approximate surface area is 76.7 Å². The van der Waals surface area contributed by atoms with Crippen LogP contribution in [0.1, 0.15) is 10.4 Å². The van der Waals surface area contributed by atoms with Crippen LogP contribution in [0.5, 0.6) is 0 Å². The van der Waals surface area contributed by atoms with Gasteiger partial charge in [0.2, 0.25) is 0 Å². The topological polar surface area (TPSA) is 30.0 Å². The van der Waals surface area contributed by atoms with Crippen LogP contribution in [0.3, 0.4) is 0 Å². The SMILES string of the molecule is O=C(Cl)c1cccnc1I. The van der Waals surface area contributed by atoms with Crippen LogP contribution in [-0.4, -0.2) is 10.2 Å². The van der Waals surface area contributed by atoms with Gasteiger partial charge in [-0.1, -0.05) is 0 Å². The smallest absolute Gasteiger partial charge is 0.255 e. The van der Waals surface area contributed by atoms with Gasteiger partial charge in [0.1, 0.15) is 3.70 Å². The normalized spacial score (nSPS) is 9.40. The average molecular weight is 267 g/mol. The number of aromatic nitrogens is 1. The molecule has 0 amide bonds. The molecular formula is C6H3ClINO. The largest absolute Gasteiger partial charge is 0.276 e. The fourth-order valence-corrected chi connectivity index (χ4v) is 1.43. The highest BCUT2D eigenvalue weighted by molar-refractivity contribution is 14.1. The number of carbonyl (C=O) groups excluding carboxylic acids is 1. The molecule has 0 atom stereocenters. The van der Waals surface area contributed by atoms with Crippen molar-refractivity contribution in [2.24, 2.45) is 0 Å². The zero-order valence-electron chi connectivity index (χ0n) is 4.84. The molecule has 0 aliphatic heterocycles. The quantitative estimate of drug-likeness (QED) is 0.443. The third-order valence-corrected chi connectivity index (χ3v) is 2.03. The Morgan fingerprint density at radius 3 is 2.80 bits per heavy atom. The molecule has 0 unspecified atom stereocenters. The molecule has 10 heavy (non-hydrogen) atoms. The van der Waals surface area contributed by atoms with Crippen LogP contribution in [0, 0.1) is 3.70 Å². The highest BCUT2D eigenvalue weighted by Gasteiger charge is 2.05. The fraction of sp³-hybridized carbons (Fsp3) is 0. The second kappa shape index (κ2) is 3.30. The Kier molecular flexibility index (Phi) is 2.62. The molecule has 0 bridgehead atoms. The molecule has 1 heterocycles. The second-order valence-electron chi connectivity index (χ2n) is 1.62. The second-order valence-corrected chi connectivity index (χ2v) is 2.98. The van der Waals surface area contributed by atoms with Gasteiger partial charge in [-0.2, -0.15) is 0 Å². The van der Waals surface area contributed by atoms with Gasteiger partial charge in [-0.15, -0.1) is 0 Å². The number of carbonyl (C=O) groups is 1. The molecule has 1 aromatic heterocycles. The lowest BCUT2D eigenvalue weighted by atomic mass is 10.3. The minimum Gasteiger partial charge on any atom is -0.276 e. The monoisotopic (exact) mass is 267 g/mol. The summed E-state index contributed by atoms with van der Waals surface area (Å²) >= 11 is 7.18. The van der Waals surface area contributed by atoms with Crippen molar-refractivity contribution in [3.8, 4) is 0 Å². The van der Waals surface area contributed by atoms with E-state index in [0.717, 1.165) is 0 Å². The molecule has 0 fully saturated rings. The van der Waals surface area contributed by atoms with E-state index in [9.17, 15) is 4.79 Å². The van der Waals surface area contributed by atoms with E-state index in [4.69, 9.17) is 11.6 Å². The minimum absolute atomic E-state index is 0.461. The summed E-state index contributed by atoms with van der Waals surface area (Å²) in [6, 6.07) is 3.32. The Bertz CT molecular complexity index is 264. The Balaban J connectivity index is 3.15. The van der Waals surface area contributed by atoms with Gasteiger partial charge < -0.3 is 0 Å². The van der Waals surface area contributed by atoms with E-state index in [2.05, 4.69) is 4.98 Å². The van der Waals surface area contributed by atoms with Crippen molar-refractivity contribution in [3.05, 3.63) is 27.6 Å². The lowest BCUT2D eigenvalue weighted by Gasteiger charge is -1.93. The molecule has 0 aliphatic rings. The molecule has 0 radical (unpaired) electrons. The highest BCUT2D eigenvalue weighted by Crippen LogP contribution is 2.10. The van der Waals surface area contributed by atoms with Crippen molar-refractivity contribution in [1.29, 1.82) is 0 Å². The molecule has 0 aromatic carbocycles. The van der Waals surface area contributed by atoms with Crippen molar-refractivity contribution >= 4 is 39.4 Å². The first-order valence-electron chi connectivity index (χ1n) is 2.52. The number of hydrogen-bond donors (Lipinski definition) is 0. The zero-order valence-corrected chi connectivity index (χ0v) is 7.76. The summed E-state index contributed by atoms with van der Waals surface area (Å²) in [4.78, 5) is 14.5. The van der Waals surface area contributed by atoms with Gasteiger partial charge in [0.15, 0.2) is 0 Å². The van der Waals surface area contributed by atoms with Gasteiger partial charge in [-0.05, 0) is 46.3 Å². The van der Waals surface area contributed by atoms with E-state index in [0.29, 0.717) is 9.26 Å². The summed E-state index contributed by atoms with van der Waals surface area (Å²) in [5.41, 5.74) is 0.463. The van der Waals surface area contributed by atoms with E-state index in [1.165, 1.54) is 0 Å². The molecule has 2 nitrogen and oxygen atoms in total. The summed E-state index contributed by atoms with van der Waals surface area (Å²) in [6.45, 7) is 0. The van der Waals surface area contributed by atoms with Crippen molar-refractivity contribution in [1.82, 2.24) is 4.98 Å². The summed E-state index contributed by atoms with van der Waals surface area (Å²) in [5.74, 6) is 0. The van der Waals surface area contributed by atoms with Crippen molar-refractivity contribution < 1.29 is 4.79 Å². The first-order valence-corrected chi connectivity index (χ1v) is 3.98. The van der Waals surface area contributed by atoms with Crippen molar-refractivity contribution in [3.63, 3.8) is 0 Å². The predicted molar refractivity (Wildman–Crippen MR) is 47.1 cm³/mol. The summed E-state index contributed by atoms with van der Waals surface area (Å²) in [5, 5.41) is -0.461. The number of halogens is 2. The lowest BCUT2D eigenvalue weighted by molar-refractivity contribution is 0.108. The van der Waals surface area contributed by atoms with Crippen LogP contribution >= 0.6 is 34.2 Å². The molecule has 0 spiro atoms. The average Bonchev–Trinajstić information content (AvgIpc) is 1.88. The number of pyridine rings is 1. The molecule has 0 saturated heterocycles. The Morgan fingerprint density at radius 2 is 2.40 bits per heavy atom. The Hall–Kier alpha value is -0.160. The van der Waals surface area contributed by atoms with Crippen LogP contribution in [0.15, 0.2) is 18.3 Å². The van der Waals surface area contributed by atoms with Crippen molar-refractivity contribution in [2.75, 3.05) is 0 Å². The first-order chi connectivity index (χ1) is 4.72. The number of nitrogens with zero attached hydrogens (tertiary/aromatic N) is 1. The van der Waals surface area contributed by atoms with Gasteiger partial charge >= 0.3 is 0 Å². The highest BCUT2D eigenvalue weighted by atomic mass is 127. The molecule has 0 aliphatic carbocycles. The third-order valence-electron chi connectivity index (χ3n) is 0.971. The summed E-state index contributed by atoms with van der Waals surface area (Å²) < 4.78 is 0.639. The number of rotatable bonds is 1. The van der Waals surface area contributed by atoms with E-state index < -0.39 is 5.24 Å². The first kappa shape index (κ1) is 7.94. The molecular weight excluding hydrogens is 264 g/mol. The molecule has 0 N–H and O–H groups in total. The summed E-state index contributed by atoms with van der Waals surface area (Å²) in [6.07, 6.45) is 1.62. The lowest BCUT2D eigenvalue weighted by Crippen LogP contribution is -1.94. The molecule has 1 aromatic rings. The van der Waals surface area contributed by atoms with Crippen LogP contribution in [-0.2, 0) is 0 Å². The van der Waals surface area contributed by atoms with Gasteiger partial charge in [0.05, 0.1) is 5.56 Å². The van der Waals surface area contributed by atoms with Gasteiger partial charge in [0, 0.05) is 6.20 Å². The molecule has 1 rings (SSSR count). The number of hydrogen-bond acceptors (Lipinski definition) is 2. The standard InChI is InChI=1S/C6H3ClINO/c7-5(10)4-2-1-3-9-6(4)8/h1-3H. The van der Waals surface area contributed by atoms with E-state index in [-0.39, 0.29) is 0 Å². The minimum atomic E-state index is -0.461. The maximum absolute atomic E-state index is 10.6. The Morgan fingerprint density at radius 1 is 1.70 bits per heavy atom.